The van der Waals surface area contributed by atoms with Crippen LogP contribution in [0.15, 0.2) is 48.7 Å². The van der Waals surface area contributed by atoms with Crippen LogP contribution in [-0.4, -0.2) is 26.5 Å². The van der Waals surface area contributed by atoms with Gasteiger partial charge in [-0.15, -0.1) is 0 Å². The normalized spacial score (nSPS) is 10.9. The molecule has 0 bridgehead atoms. The van der Waals surface area contributed by atoms with Crippen LogP contribution < -0.4 is 10.1 Å². The van der Waals surface area contributed by atoms with E-state index in [1.807, 2.05) is 13.0 Å². The summed E-state index contributed by atoms with van der Waals surface area (Å²) in [6.07, 6.45) is 1.58. The first kappa shape index (κ1) is 20.3. The van der Waals surface area contributed by atoms with Gasteiger partial charge in [-0.2, -0.15) is 9.97 Å². The molecule has 2 aromatic carbocycles. The largest absolute Gasteiger partial charge is 0.476 e. The van der Waals surface area contributed by atoms with E-state index in [4.69, 9.17) is 27.9 Å². The van der Waals surface area contributed by atoms with E-state index in [2.05, 4.69) is 25.3 Å². The number of hydrogen-bond donors (Lipinski definition) is 1. The molecule has 0 radical (unpaired) electrons. The van der Waals surface area contributed by atoms with Gasteiger partial charge in [0.2, 0.25) is 11.8 Å². The fourth-order valence-corrected chi connectivity index (χ4v) is 3.21. The van der Waals surface area contributed by atoms with Crippen LogP contribution in [0.5, 0.6) is 5.88 Å². The maximum absolute atomic E-state index is 13.1. The van der Waals surface area contributed by atoms with Gasteiger partial charge in [0.25, 0.3) is 0 Å². The number of rotatable bonds is 6. The van der Waals surface area contributed by atoms with Crippen molar-refractivity contribution in [1.29, 1.82) is 0 Å². The van der Waals surface area contributed by atoms with Gasteiger partial charge in [-0.25, -0.2) is 14.4 Å². The maximum Gasteiger partial charge on any atom is 0.247 e. The molecule has 0 spiro atoms. The minimum atomic E-state index is -0.287. The number of nitrogens with one attached hydrogen (secondary N) is 1. The van der Waals surface area contributed by atoms with Gasteiger partial charge in [0.05, 0.1) is 28.5 Å². The number of hydrogen-bond acceptors (Lipinski definition) is 6. The first-order valence-electron chi connectivity index (χ1n) is 9.15. The summed E-state index contributed by atoms with van der Waals surface area (Å²) in [5, 5.41) is 3.92. The zero-order valence-corrected chi connectivity index (χ0v) is 17.4. The molecule has 0 amide bonds. The molecule has 0 unspecified atom stereocenters. The minimum absolute atomic E-state index is 0.287. The molecule has 0 aliphatic heterocycles. The zero-order chi connectivity index (χ0) is 21.1. The van der Waals surface area contributed by atoms with Crippen molar-refractivity contribution < 1.29 is 9.13 Å². The average Bonchev–Trinajstić information content (AvgIpc) is 2.75. The number of benzene rings is 2. The summed E-state index contributed by atoms with van der Waals surface area (Å²) >= 11 is 12.4. The Hall–Kier alpha value is -3.03. The molecule has 2 aromatic heterocycles. The van der Waals surface area contributed by atoms with E-state index >= 15 is 0 Å². The molecule has 0 saturated heterocycles. The summed E-state index contributed by atoms with van der Waals surface area (Å²) in [4.78, 5) is 17.9. The number of anilines is 1. The van der Waals surface area contributed by atoms with Crippen molar-refractivity contribution in [3.05, 3.63) is 70.1 Å². The molecule has 0 saturated carbocycles. The van der Waals surface area contributed by atoms with E-state index in [1.54, 1.807) is 30.5 Å². The van der Waals surface area contributed by atoms with Crippen LogP contribution in [0.25, 0.3) is 22.4 Å². The Morgan fingerprint density at radius 1 is 1.03 bits per heavy atom. The summed E-state index contributed by atoms with van der Waals surface area (Å²) in [7, 11) is 0. The summed E-state index contributed by atoms with van der Waals surface area (Å²) < 4.78 is 18.7. The van der Waals surface area contributed by atoms with Crippen molar-refractivity contribution in [2.24, 2.45) is 0 Å². The lowest BCUT2D eigenvalue weighted by atomic mass is 10.1. The van der Waals surface area contributed by atoms with Gasteiger partial charge in [-0.3, -0.25) is 0 Å². The molecule has 1 N–H and O–H groups in total. The molecule has 30 heavy (non-hydrogen) atoms. The highest BCUT2D eigenvalue weighted by molar-refractivity contribution is 6.43. The number of halogens is 3. The second kappa shape index (κ2) is 8.77. The van der Waals surface area contributed by atoms with Crippen LogP contribution in [0.1, 0.15) is 12.5 Å². The third kappa shape index (κ3) is 4.27. The summed E-state index contributed by atoms with van der Waals surface area (Å²) in [5.74, 6) is 0.347. The monoisotopic (exact) mass is 443 g/mol. The van der Waals surface area contributed by atoms with Gasteiger partial charge in [0, 0.05) is 12.1 Å². The standard InChI is InChI=1S/C21H16Cl2FN5O/c1-2-30-20-18-19(25-11-16(27-18)14-4-3-5-15(22)17(14)23)28-21(29-20)26-10-12-6-8-13(24)9-7-12/h3-9,11H,2,10H2,1H3,(H,25,26,28,29). The Morgan fingerprint density at radius 2 is 1.83 bits per heavy atom. The highest BCUT2D eigenvalue weighted by atomic mass is 35.5. The van der Waals surface area contributed by atoms with E-state index in [1.165, 1.54) is 12.1 Å². The Morgan fingerprint density at radius 3 is 2.60 bits per heavy atom. The maximum atomic E-state index is 13.1. The van der Waals surface area contributed by atoms with E-state index < -0.39 is 0 Å². The lowest BCUT2D eigenvalue weighted by Gasteiger charge is -2.11. The van der Waals surface area contributed by atoms with E-state index in [9.17, 15) is 4.39 Å². The van der Waals surface area contributed by atoms with Crippen molar-refractivity contribution in [2.75, 3.05) is 11.9 Å². The molecular formula is C21H16Cl2FN5O. The average molecular weight is 444 g/mol. The number of nitrogens with zero attached hydrogens (tertiary/aromatic N) is 4. The Labute approximate surface area is 182 Å². The fraction of sp³-hybridized carbons (Fsp3) is 0.143. The lowest BCUT2D eigenvalue weighted by molar-refractivity contribution is 0.330. The molecular weight excluding hydrogens is 428 g/mol. The van der Waals surface area contributed by atoms with E-state index in [0.29, 0.717) is 57.4 Å². The van der Waals surface area contributed by atoms with Gasteiger partial charge >= 0.3 is 0 Å². The van der Waals surface area contributed by atoms with Crippen molar-refractivity contribution in [2.45, 2.75) is 13.5 Å². The van der Waals surface area contributed by atoms with Crippen LogP contribution in [-0.2, 0) is 6.54 Å². The van der Waals surface area contributed by atoms with Gasteiger partial charge in [0.15, 0.2) is 11.2 Å². The third-order valence-electron chi connectivity index (χ3n) is 4.25. The molecule has 152 valence electrons. The van der Waals surface area contributed by atoms with Crippen LogP contribution in [0, 0.1) is 5.82 Å². The summed E-state index contributed by atoms with van der Waals surface area (Å²) in [6, 6.07) is 11.5. The van der Waals surface area contributed by atoms with Gasteiger partial charge in [-0.05, 0) is 30.7 Å². The summed E-state index contributed by atoms with van der Waals surface area (Å²) in [6.45, 7) is 2.67. The van der Waals surface area contributed by atoms with Crippen molar-refractivity contribution in [3.8, 4) is 17.1 Å². The Kier molecular flexibility index (Phi) is 5.92. The van der Waals surface area contributed by atoms with Crippen LogP contribution in [0.4, 0.5) is 10.3 Å². The van der Waals surface area contributed by atoms with Gasteiger partial charge < -0.3 is 10.1 Å². The second-order valence-corrected chi connectivity index (χ2v) is 7.08. The van der Waals surface area contributed by atoms with Gasteiger partial charge in [-0.1, -0.05) is 47.5 Å². The first-order valence-corrected chi connectivity index (χ1v) is 9.91. The Bertz CT molecular complexity index is 1200. The van der Waals surface area contributed by atoms with Crippen molar-refractivity contribution >= 4 is 40.3 Å². The topological polar surface area (TPSA) is 72.8 Å². The van der Waals surface area contributed by atoms with E-state index in [0.717, 1.165) is 5.56 Å². The smallest absolute Gasteiger partial charge is 0.247 e. The number of ether oxygens (including phenoxy) is 1. The molecule has 6 nitrogen and oxygen atoms in total. The molecule has 9 heteroatoms. The SMILES string of the molecule is CCOc1nc(NCc2ccc(F)cc2)nc2ncc(-c3cccc(Cl)c3Cl)nc12. The highest BCUT2D eigenvalue weighted by Gasteiger charge is 2.15. The van der Waals surface area contributed by atoms with Crippen LogP contribution in [0.3, 0.4) is 0 Å². The van der Waals surface area contributed by atoms with Crippen molar-refractivity contribution in [1.82, 2.24) is 19.9 Å². The number of fused-ring (bicyclic) bond motifs is 1. The molecule has 0 aliphatic carbocycles. The predicted octanol–water partition coefficient (Wildman–Crippen LogP) is 5.54. The highest BCUT2D eigenvalue weighted by Crippen LogP contribution is 2.33. The quantitative estimate of drug-likeness (QED) is 0.421. The molecule has 4 aromatic rings. The molecule has 4 rings (SSSR count). The second-order valence-electron chi connectivity index (χ2n) is 6.29. The molecule has 0 atom stereocenters. The molecule has 2 heterocycles. The minimum Gasteiger partial charge on any atom is -0.476 e. The third-order valence-corrected chi connectivity index (χ3v) is 5.07. The predicted molar refractivity (Wildman–Crippen MR) is 115 cm³/mol. The van der Waals surface area contributed by atoms with E-state index in [-0.39, 0.29) is 5.82 Å². The number of aromatic nitrogens is 4. The van der Waals surface area contributed by atoms with Gasteiger partial charge in [0.1, 0.15) is 5.82 Å². The Balaban J connectivity index is 1.70. The van der Waals surface area contributed by atoms with Crippen molar-refractivity contribution in [3.63, 3.8) is 0 Å². The van der Waals surface area contributed by atoms with Crippen LogP contribution in [0.2, 0.25) is 10.0 Å². The summed E-state index contributed by atoms with van der Waals surface area (Å²) in [5.41, 5.74) is 2.86. The first-order chi connectivity index (χ1) is 14.5. The molecule has 0 aliphatic rings. The zero-order valence-electron chi connectivity index (χ0n) is 15.9. The van der Waals surface area contributed by atoms with Crippen LogP contribution >= 0.6 is 23.2 Å². The molecule has 0 fully saturated rings. The fourth-order valence-electron chi connectivity index (χ4n) is 2.81. The lowest BCUT2D eigenvalue weighted by Crippen LogP contribution is -2.07.